The summed E-state index contributed by atoms with van der Waals surface area (Å²) < 4.78 is 10.9. The first kappa shape index (κ1) is 14.6. The normalized spacial score (nSPS) is 27.1. The monoisotopic (exact) mass is 331 g/mol. The van der Waals surface area contributed by atoms with Crippen LogP contribution >= 0.6 is 11.8 Å². The fraction of sp³-hybridized carbons (Fsp3) is 0.412. The van der Waals surface area contributed by atoms with Gasteiger partial charge >= 0.3 is 5.97 Å². The maximum atomic E-state index is 13.2. The molecule has 4 rings (SSSR count). The third-order valence-electron chi connectivity index (χ3n) is 4.60. The van der Waals surface area contributed by atoms with Crippen molar-refractivity contribution in [1.82, 2.24) is 0 Å². The molecule has 5 nitrogen and oxygen atoms in total. The molecule has 0 aliphatic carbocycles. The van der Waals surface area contributed by atoms with Crippen LogP contribution in [0.4, 0.5) is 5.69 Å². The van der Waals surface area contributed by atoms with Crippen molar-refractivity contribution in [3.8, 4) is 5.75 Å². The van der Waals surface area contributed by atoms with Crippen molar-refractivity contribution in [3.63, 3.8) is 0 Å². The second-order valence-corrected chi connectivity index (χ2v) is 7.72. The molecule has 1 amide bonds. The van der Waals surface area contributed by atoms with Crippen LogP contribution in [0.2, 0.25) is 0 Å². The number of benzene rings is 1. The van der Waals surface area contributed by atoms with Gasteiger partial charge in [0.1, 0.15) is 5.75 Å². The van der Waals surface area contributed by atoms with E-state index in [-0.39, 0.29) is 17.6 Å². The van der Waals surface area contributed by atoms with Gasteiger partial charge in [-0.05, 0) is 38.5 Å². The van der Waals surface area contributed by atoms with Gasteiger partial charge in [0.05, 0.1) is 24.1 Å². The lowest BCUT2D eigenvalue weighted by molar-refractivity contribution is -0.153. The van der Waals surface area contributed by atoms with Crippen LogP contribution in [-0.2, 0) is 19.3 Å². The third-order valence-corrected chi connectivity index (χ3v) is 5.87. The Morgan fingerprint density at radius 2 is 2.04 bits per heavy atom. The fourth-order valence-corrected chi connectivity index (χ4v) is 4.78. The van der Waals surface area contributed by atoms with Crippen molar-refractivity contribution in [1.29, 1.82) is 0 Å². The highest BCUT2D eigenvalue weighted by Crippen LogP contribution is 2.58. The Bertz CT molecular complexity index is 798. The Hall–Kier alpha value is -1.95. The molecule has 3 aliphatic rings. The van der Waals surface area contributed by atoms with Crippen LogP contribution in [-0.4, -0.2) is 30.3 Å². The number of ether oxygens (including phenoxy) is 2. The molecule has 1 atom stereocenters. The van der Waals surface area contributed by atoms with Crippen molar-refractivity contribution >= 4 is 34.9 Å². The van der Waals surface area contributed by atoms with E-state index in [1.165, 1.54) is 11.8 Å². The van der Waals surface area contributed by atoms with E-state index in [4.69, 9.17) is 9.47 Å². The lowest BCUT2D eigenvalue weighted by Gasteiger charge is -2.39. The highest BCUT2D eigenvalue weighted by atomic mass is 32.2. The zero-order valence-corrected chi connectivity index (χ0v) is 14.2. The average Bonchev–Trinajstić information content (AvgIpc) is 2.98. The van der Waals surface area contributed by atoms with Crippen molar-refractivity contribution in [2.45, 2.75) is 31.2 Å². The van der Waals surface area contributed by atoms with Gasteiger partial charge in [-0.2, -0.15) is 0 Å². The number of methoxy groups -OCH3 is 1. The van der Waals surface area contributed by atoms with E-state index in [0.717, 1.165) is 16.8 Å². The summed E-state index contributed by atoms with van der Waals surface area (Å²) in [5.41, 5.74) is 3.11. The number of rotatable bonds is 1. The summed E-state index contributed by atoms with van der Waals surface area (Å²) in [6.07, 6.45) is 2.07. The van der Waals surface area contributed by atoms with Gasteiger partial charge in [0.15, 0.2) is 0 Å². The molecule has 0 aromatic heterocycles. The molecule has 6 heteroatoms. The van der Waals surface area contributed by atoms with Gasteiger partial charge in [0, 0.05) is 11.1 Å². The Morgan fingerprint density at radius 1 is 1.30 bits per heavy atom. The number of thioether (sulfide) groups is 1. The van der Waals surface area contributed by atoms with E-state index in [9.17, 15) is 9.59 Å². The van der Waals surface area contributed by atoms with Gasteiger partial charge in [-0.3, -0.25) is 14.5 Å². The van der Waals surface area contributed by atoms with Gasteiger partial charge in [-0.25, -0.2) is 0 Å². The van der Waals surface area contributed by atoms with Crippen molar-refractivity contribution < 1.29 is 19.1 Å². The van der Waals surface area contributed by atoms with Gasteiger partial charge in [0.25, 0.3) is 10.8 Å². The summed E-state index contributed by atoms with van der Waals surface area (Å²) in [5.74, 6) is 0.288. The number of hydrogen-bond donors (Lipinski definition) is 0. The topological polar surface area (TPSA) is 55.8 Å². The minimum absolute atomic E-state index is 0.179. The van der Waals surface area contributed by atoms with E-state index in [1.807, 2.05) is 32.9 Å². The molecule has 1 saturated heterocycles. The van der Waals surface area contributed by atoms with Crippen LogP contribution in [0.15, 0.2) is 18.2 Å². The predicted octanol–water partition coefficient (Wildman–Crippen LogP) is 2.68. The maximum absolute atomic E-state index is 13.2. The number of anilines is 1. The third kappa shape index (κ3) is 1.70. The molecule has 1 fully saturated rings. The van der Waals surface area contributed by atoms with Crippen LogP contribution in [0, 0.1) is 0 Å². The lowest BCUT2D eigenvalue weighted by Crippen LogP contribution is -2.50. The molecule has 0 radical (unpaired) electrons. The summed E-state index contributed by atoms with van der Waals surface area (Å²) in [6.45, 7) is 6.01. The molecule has 120 valence electrons. The zero-order valence-electron chi connectivity index (χ0n) is 13.4. The largest absolute Gasteiger partial charge is 0.497 e. The summed E-state index contributed by atoms with van der Waals surface area (Å²) in [5, 5.41) is 0. The standard InChI is InChI=1S/C17H17NO4S/c1-9-7-16(2,3)18-14-11(9)5-10(21-4)6-12(14)17(15(18)20)22-13(19)8-23-17/h5-7H,8H2,1-4H3/t17-/m0/s1. The number of fused-ring (bicyclic) bond motifs is 1. The number of carbonyl (C=O) groups excluding carboxylic acids is 2. The number of allylic oxidation sites excluding steroid dienone is 1. The predicted molar refractivity (Wildman–Crippen MR) is 88.4 cm³/mol. The SMILES string of the molecule is COc1cc2c3c(c1)[C@@]1(OC(=O)CS1)C(=O)N3C(C)(C)C=C2C. The number of nitrogens with zero attached hydrogens (tertiary/aromatic N) is 1. The molecular weight excluding hydrogens is 314 g/mol. The number of hydrogen-bond acceptors (Lipinski definition) is 5. The van der Waals surface area contributed by atoms with E-state index < -0.39 is 10.5 Å². The molecule has 0 saturated carbocycles. The van der Waals surface area contributed by atoms with Crippen molar-refractivity contribution in [3.05, 3.63) is 29.3 Å². The molecule has 0 N–H and O–H groups in total. The van der Waals surface area contributed by atoms with Gasteiger partial charge in [-0.1, -0.05) is 17.8 Å². The summed E-state index contributed by atoms with van der Waals surface area (Å²) in [7, 11) is 1.59. The quantitative estimate of drug-likeness (QED) is 0.741. The molecule has 3 heterocycles. The van der Waals surface area contributed by atoms with Crippen LogP contribution in [0.3, 0.4) is 0 Å². The van der Waals surface area contributed by atoms with E-state index in [0.29, 0.717) is 11.3 Å². The second kappa shape index (κ2) is 4.32. The number of esters is 1. The summed E-state index contributed by atoms with van der Waals surface area (Å²) in [4.78, 5) is 25.5. The minimum atomic E-state index is -1.27. The summed E-state index contributed by atoms with van der Waals surface area (Å²) in [6, 6.07) is 3.75. The highest BCUT2D eigenvalue weighted by molar-refractivity contribution is 8.01. The molecule has 1 aromatic carbocycles. The van der Waals surface area contributed by atoms with E-state index in [1.54, 1.807) is 12.0 Å². The first-order valence-electron chi connectivity index (χ1n) is 7.43. The molecular formula is C17H17NO4S. The molecule has 0 unspecified atom stereocenters. The van der Waals surface area contributed by atoms with Crippen LogP contribution in [0.5, 0.6) is 5.75 Å². The molecule has 0 bridgehead atoms. The van der Waals surface area contributed by atoms with E-state index >= 15 is 0 Å². The highest BCUT2D eigenvalue weighted by Gasteiger charge is 2.62. The Labute approximate surface area is 138 Å². The van der Waals surface area contributed by atoms with Crippen molar-refractivity contribution in [2.24, 2.45) is 0 Å². The number of amides is 1. The van der Waals surface area contributed by atoms with E-state index in [2.05, 4.69) is 6.08 Å². The summed E-state index contributed by atoms with van der Waals surface area (Å²) >= 11 is 1.25. The number of carbonyl (C=O) groups is 2. The maximum Gasteiger partial charge on any atom is 0.318 e. The van der Waals surface area contributed by atoms with Gasteiger partial charge in [-0.15, -0.1) is 0 Å². The average molecular weight is 331 g/mol. The van der Waals surface area contributed by atoms with Gasteiger partial charge in [0.2, 0.25) is 0 Å². The molecule has 23 heavy (non-hydrogen) atoms. The van der Waals surface area contributed by atoms with Crippen molar-refractivity contribution in [2.75, 3.05) is 17.8 Å². The Balaban J connectivity index is 2.06. The van der Waals surface area contributed by atoms with Crippen LogP contribution in [0.1, 0.15) is 31.9 Å². The van der Waals surface area contributed by atoms with Crippen LogP contribution < -0.4 is 9.64 Å². The molecule has 3 aliphatic heterocycles. The first-order chi connectivity index (χ1) is 10.8. The smallest absolute Gasteiger partial charge is 0.318 e. The van der Waals surface area contributed by atoms with Crippen LogP contribution in [0.25, 0.3) is 5.57 Å². The zero-order chi connectivity index (χ0) is 16.6. The first-order valence-corrected chi connectivity index (χ1v) is 8.41. The fourth-order valence-electron chi connectivity index (χ4n) is 3.72. The lowest BCUT2D eigenvalue weighted by atomic mass is 9.89. The minimum Gasteiger partial charge on any atom is -0.497 e. The Kier molecular flexibility index (Phi) is 2.75. The molecule has 1 spiro atoms. The molecule has 1 aromatic rings. The van der Waals surface area contributed by atoms with Gasteiger partial charge < -0.3 is 9.47 Å². The Morgan fingerprint density at radius 3 is 2.65 bits per heavy atom. The second-order valence-electron chi connectivity index (χ2n) is 6.57.